The fourth-order valence-electron chi connectivity index (χ4n) is 5.49. The fourth-order valence-corrected chi connectivity index (χ4v) is 5.68. The van der Waals surface area contributed by atoms with E-state index in [-0.39, 0.29) is 23.7 Å². The molecule has 2 fully saturated rings. The fraction of sp³-hybridized carbons (Fsp3) is 0.467. The zero-order valence-corrected chi connectivity index (χ0v) is 25.5. The molecule has 13 nitrogen and oxygen atoms in total. The Kier molecular flexibility index (Phi) is 10.5. The summed E-state index contributed by atoms with van der Waals surface area (Å²) in [5.74, 6) is 3.09. The summed E-state index contributed by atoms with van der Waals surface area (Å²) in [6.45, 7) is 5.46. The predicted octanol–water partition coefficient (Wildman–Crippen LogP) is 3.22. The van der Waals surface area contributed by atoms with Crippen molar-refractivity contribution in [2.45, 2.75) is 44.9 Å². The molecule has 3 aliphatic heterocycles. The van der Waals surface area contributed by atoms with Gasteiger partial charge in [-0.1, -0.05) is 23.7 Å². The number of rotatable bonds is 11. The summed E-state index contributed by atoms with van der Waals surface area (Å²) in [5.41, 5.74) is 14.3. The summed E-state index contributed by atoms with van der Waals surface area (Å²) in [5, 5.41) is 6.72. The van der Waals surface area contributed by atoms with E-state index in [1.807, 2.05) is 28.0 Å². The highest BCUT2D eigenvalue weighted by molar-refractivity contribution is 6.29. The van der Waals surface area contributed by atoms with Crippen molar-refractivity contribution in [3.8, 4) is 17.0 Å². The Morgan fingerprint density at radius 3 is 2.02 bits per heavy atom. The third-order valence-electron chi connectivity index (χ3n) is 7.61. The van der Waals surface area contributed by atoms with Gasteiger partial charge in [-0.15, -0.1) is 0 Å². The molecule has 5 heterocycles. The number of nitrogens with two attached hydrogens (primary N) is 2. The number of para-hydroxylation sites is 1. The Bertz CT molecular complexity index is 1450. The third kappa shape index (κ3) is 8.37. The number of anilines is 4. The Labute approximate surface area is 261 Å². The number of nitrogens with one attached hydrogen (secondary N) is 2. The molecule has 0 aliphatic carbocycles. The van der Waals surface area contributed by atoms with Crippen LogP contribution in [0.15, 0.2) is 30.3 Å². The van der Waals surface area contributed by atoms with E-state index in [1.165, 1.54) is 5.56 Å². The van der Waals surface area contributed by atoms with Crippen LogP contribution in [0.25, 0.3) is 11.3 Å². The van der Waals surface area contributed by atoms with Crippen LogP contribution in [0.1, 0.15) is 44.1 Å². The van der Waals surface area contributed by atoms with Crippen molar-refractivity contribution < 1.29 is 14.3 Å². The van der Waals surface area contributed by atoms with E-state index in [4.69, 9.17) is 27.8 Å². The van der Waals surface area contributed by atoms with Crippen LogP contribution < -0.4 is 26.8 Å². The number of ether oxygens (including phenoxy) is 1. The number of hydrogen-bond donors (Lipinski definition) is 4. The molecule has 3 aromatic rings. The molecule has 44 heavy (non-hydrogen) atoms. The maximum Gasteiger partial charge on any atom is 0.223 e. The minimum atomic E-state index is 0.153. The molecule has 14 heteroatoms. The van der Waals surface area contributed by atoms with Crippen molar-refractivity contribution in [2.75, 3.05) is 68.0 Å². The molecule has 0 spiro atoms. The van der Waals surface area contributed by atoms with Crippen LogP contribution in [0.3, 0.4) is 0 Å². The molecule has 0 radical (unpaired) electrons. The second kappa shape index (κ2) is 14.9. The highest BCUT2D eigenvalue weighted by Crippen LogP contribution is 2.36. The maximum absolute atomic E-state index is 11.6. The molecular weight excluding hydrogens is 584 g/mol. The van der Waals surface area contributed by atoms with E-state index < -0.39 is 0 Å². The topological polar surface area (TPSA) is 178 Å². The zero-order chi connectivity index (χ0) is 30.9. The van der Waals surface area contributed by atoms with E-state index >= 15 is 0 Å². The molecule has 0 unspecified atom stereocenters. The van der Waals surface area contributed by atoms with Gasteiger partial charge in [0.25, 0.3) is 0 Å². The van der Waals surface area contributed by atoms with Gasteiger partial charge in [0.2, 0.25) is 23.7 Å². The van der Waals surface area contributed by atoms with Gasteiger partial charge in [0, 0.05) is 76.2 Å². The van der Waals surface area contributed by atoms with Gasteiger partial charge in [0.1, 0.15) is 22.5 Å². The van der Waals surface area contributed by atoms with Crippen molar-refractivity contribution >= 4 is 46.9 Å². The highest BCUT2D eigenvalue weighted by atomic mass is 35.5. The molecule has 234 valence electrons. The lowest BCUT2D eigenvalue weighted by molar-refractivity contribution is -0.128. The number of carbonyl (C=O) groups excluding carboxylic acids is 2. The maximum atomic E-state index is 11.6. The van der Waals surface area contributed by atoms with Crippen LogP contribution in [-0.2, 0) is 16.0 Å². The van der Waals surface area contributed by atoms with Crippen molar-refractivity contribution in [1.29, 1.82) is 0 Å². The molecule has 2 amide bonds. The first-order valence-electron chi connectivity index (χ1n) is 15.1. The van der Waals surface area contributed by atoms with Gasteiger partial charge in [0.15, 0.2) is 0 Å². The molecule has 0 bridgehead atoms. The van der Waals surface area contributed by atoms with E-state index in [2.05, 4.69) is 36.6 Å². The number of halogens is 1. The molecule has 6 rings (SSSR count). The number of nitrogens with zero attached hydrogens (tertiary/aromatic N) is 6. The summed E-state index contributed by atoms with van der Waals surface area (Å²) in [6, 6.07) is 9.61. The van der Waals surface area contributed by atoms with Crippen LogP contribution in [0.5, 0.6) is 5.75 Å². The second-order valence-corrected chi connectivity index (χ2v) is 11.2. The number of fused-ring (bicyclic) bond motifs is 1. The van der Waals surface area contributed by atoms with Crippen molar-refractivity contribution in [3.05, 3.63) is 41.0 Å². The van der Waals surface area contributed by atoms with E-state index in [9.17, 15) is 9.59 Å². The average Bonchev–Trinajstić information content (AvgIpc) is 3.74. The minimum Gasteiger partial charge on any atom is -0.492 e. The molecule has 6 N–H and O–H groups in total. The van der Waals surface area contributed by atoms with Gasteiger partial charge >= 0.3 is 0 Å². The Morgan fingerprint density at radius 1 is 0.818 bits per heavy atom. The SMILES string of the molecule is Nc1nc(Cl)cc(NCCCN2CCCC2=O)n1.Nc1nc(NCCCN2CCCC2=O)cc(-c2cccc3c2OCC3)n1. The molecule has 2 aromatic heterocycles. The number of amides is 2. The van der Waals surface area contributed by atoms with E-state index in [0.29, 0.717) is 36.2 Å². The average molecular weight is 623 g/mol. The summed E-state index contributed by atoms with van der Waals surface area (Å²) in [4.78, 5) is 43.3. The van der Waals surface area contributed by atoms with Crippen molar-refractivity contribution in [1.82, 2.24) is 29.7 Å². The molecule has 3 aliphatic rings. The number of likely N-dealkylation sites (tertiary alicyclic amines) is 2. The van der Waals surface area contributed by atoms with Gasteiger partial charge in [-0.3, -0.25) is 9.59 Å². The molecular formula is C30H39ClN10O3. The van der Waals surface area contributed by atoms with Gasteiger partial charge in [0.05, 0.1) is 12.3 Å². The molecule has 0 atom stereocenters. The summed E-state index contributed by atoms with van der Waals surface area (Å²) < 4.78 is 5.77. The van der Waals surface area contributed by atoms with Crippen LogP contribution in [0, 0.1) is 0 Å². The molecule has 2 saturated heterocycles. The van der Waals surface area contributed by atoms with Gasteiger partial charge < -0.3 is 36.6 Å². The Morgan fingerprint density at radius 2 is 1.43 bits per heavy atom. The van der Waals surface area contributed by atoms with Crippen LogP contribution in [0.2, 0.25) is 5.15 Å². The number of carbonyl (C=O) groups is 2. The normalized spacial score (nSPS) is 15.6. The van der Waals surface area contributed by atoms with Crippen LogP contribution in [-0.4, -0.2) is 87.4 Å². The van der Waals surface area contributed by atoms with Gasteiger partial charge in [-0.05, 0) is 37.3 Å². The third-order valence-corrected chi connectivity index (χ3v) is 7.80. The monoisotopic (exact) mass is 622 g/mol. The van der Waals surface area contributed by atoms with Crippen LogP contribution >= 0.6 is 11.6 Å². The predicted molar refractivity (Wildman–Crippen MR) is 170 cm³/mol. The minimum absolute atomic E-state index is 0.153. The Hall–Kier alpha value is -4.39. The Balaban J connectivity index is 0.000000187. The first-order chi connectivity index (χ1) is 21.4. The first kappa shape index (κ1) is 31.0. The summed E-state index contributed by atoms with van der Waals surface area (Å²) in [7, 11) is 0. The smallest absolute Gasteiger partial charge is 0.223 e. The standard InChI is InChI=1S/C19H23N5O2.C11H16ClN5O/c20-19-22-15(14-5-1-4-13-7-11-26-18(13)14)12-16(23-19)21-8-3-10-24-9-2-6-17(24)25;12-8-7-9(16-11(13)15-8)14-4-2-6-17-5-1-3-10(17)18/h1,4-5,12H,2-3,6-11H2,(H3,20,21,22,23);7H,1-6H2,(H3,13,14,15,16). The van der Waals surface area contributed by atoms with Gasteiger partial charge in [-0.25, -0.2) is 9.97 Å². The number of hydrogen-bond acceptors (Lipinski definition) is 11. The van der Waals surface area contributed by atoms with Crippen LogP contribution in [0.4, 0.5) is 23.5 Å². The largest absolute Gasteiger partial charge is 0.492 e. The number of nitrogen functional groups attached to an aromatic ring is 2. The van der Waals surface area contributed by atoms with E-state index in [1.54, 1.807) is 6.07 Å². The number of aromatic nitrogens is 4. The molecule has 0 saturated carbocycles. The van der Waals surface area contributed by atoms with Gasteiger partial charge in [-0.2, -0.15) is 9.97 Å². The summed E-state index contributed by atoms with van der Waals surface area (Å²) >= 11 is 5.76. The van der Waals surface area contributed by atoms with Crippen molar-refractivity contribution in [3.63, 3.8) is 0 Å². The second-order valence-electron chi connectivity index (χ2n) is 10.9. The van der Waals surface area contributed by atoms with E-state index in [0.717, 1.165) is 88.4 Å². The molecule has 1 aromatic carbocycles. The van der Waals surface area contributed by atoms with Crippen molar-refractivity contribution in [2.24, 2.45) is 0 Å². The number of benzene rings is 1. The lowest BCUT2D eigenvalue weighted by Crippen LogP contribution is -2.27. The summed E-state index contributed by atoms with van der Waals surface area (Å²) in [6.07, 6.45) is 5.98. The lowest BCUT2D eigenvalue weighted by atomic mass is 10.1. The highest BCUT2D eigenvalue weighted by Gasteiger charge is 2.21. The first-order valence-corrected chi connectivity index (χ1v) is 15.5. The quantitative estimate of drug-likeness (QED) is 0.182. The lowest BCUT2D eigenvalue weighted by Gasteiger charge is -2.15. The zero-order valence-electron chi connectivity index (χ0n) is 24.7.